The Kier molecular flexibility index (Phi) is 5.06. The predicted octanol–water partition coefficient (Wildman–Crippen LogP) is 3.20. The van der Waals surface area contributed by atoms with E-state index in [1.54, 1.807) is 19.9 Å². The molecule has 2 N–H and O–H groups in total. The number of ether oxygens (including phenoxy) is 1. The van der Waals surface area contributed by atoms with Gasteiger partial charge in [-0.1, -0.05) is 0 Å². The lowest BCUT2D eigenvalue weighted by Crippen LogP contribution is -2.38. The van der Waals surface area contributed by atoms with Gasteiger partial charge in [-0.15, -0.1) is 11.3 Å². The summed E-state index contributed by atoms with van der Waals surface area (Å²) in [6.45, 7) is 1.90. The van der Waals surface area contributed by atoms with E-state index in [1.807, 2.05) is 0 Å². The molecule has 0 spiro atoms. The minimum absolute atomic E-state index is 0.0289. The Balaban J connectivity index is 2.07. The first-order chi connectivity index (χ1) is 10.7. The second kappa shape index (κ2) is 6.67. The SMILES string of the molecule is Cc1cc([C@](C)(O)CNC(=O)c2sccc2OC(F)F)c(C)o1. The fraction of sp³-hybridized carbons (Fsp3) is 0.400. The van der Waals surface area contributed by atoms with Gasteiger partial charge in [0.15, 0.2) is 0 Å². The number of rotatable bonds is 6. The van der Waals surface area contributed by atoms with Crippen LogP contribution in [0.15, 0.2) is 21.9 Å². The van der Waals surface area contributed by atoms with Crippen LogP contribution in [0.4, 0.5) is 8.78 Å². The molecule has 0 aliphatic heterocycles. The van der Waals surface area contributed by atoms with Crippen molar-refractivity contribution in [3.05, 3.63) is 39.5 Å². The second-order valence-electron chi connectivity index (χ2n) is 5.28. The van der Waals surface area contributed by atoms with Crippen LogP contribution in [0, 0.1) is 13.8 Å². The first kappa shape index (κ1) is 17.4. The van der Waals surface area contributed by atoms with Gasteiger partial charge in [0.1, 0.15) is 27.7 Å². The molecule has 0 bridgehead atoms. The molecule has 2 rings (SSSR count). The standard InChI is InChI=1S/C15H17F2NO4S/c1-8-6-10(9(2)21-8)15(3,20)7-18-13(19)12-11(4-5-23-12)22-14(16)17/h4-6,14,20H,7H2,1-3H3,(H,18,19)/t15-/m1/s1. The molecule has 2 heterocycles. The molecule has 0 aliphatic rings. The summed E-state index contributed by atoms with van der Waals surface area (Å²) < 4.78 is 34.2. The summed E-state index contributed by atoms with van der Waals surface area (Å²) in [4.78, 5) is 12.1. The molecule has 0 aromatic carbocycles. The van der Waals surface area contributed by atoms with E-state index in [1.165, 1.54) is 18.4 Å². The number of furan rings is 1. The Morgan fingerprint density at radius 2 is 2.22 bits per heavy atom. The number of thiophene rings is 1. The number of carbonyl (C=O) groups excluding carboxylic acids is 1. The lowest BCUT2D eigenvalue weighted by Gasteiger charge is -2.23. The highest BCUT2D eigenvalue weighted by molar-refractivity contribution is 7.12. The van der Waals surface area contributed by atoms with Crippen molar-refractivity contribution in [3.63, 3.8) is 0 Å². The summed E-state index contributed by atoms with van der Waals surface area (Å²) in [7, 11) is 0. The summed E-state index contributed by atoms with van der Waals surface area (Å²) in [5.74, 6) is 0.431. The monoisotopic (exact) mass is 345 g/mol. The van der Waals surface area contributed by atoms with Gasteiger partial charge in [0.05, 0.1) is 6.54 Å². The highest BCUT2D eigenvalue weighted by atomic mass is 32.1. The van der Waals surface area contributed by atoms with Gasteiger partial charge in [0, 0.05) is 5.56 Å². The van der Waals surface area contributed by atoms with Crippen LogP contribution in [0.3, 0.4) is 0 Å². The maximum atomic E-state index is 12.3. The molecular formula is C15H17F2NO4S. The number of halogens is 2. The van der Waals surface area contributed by atoms with Crippen molar-refractivity contribution >= 4 is 17.2 Å². The second-order valence-corrected chi connectivity index (χ2v) is 6.19. The van der Waals surface area contributed by atoms with E-state index in [-0.39, 0.29) is 17.2 Å². The Labute approximate surface area is 135 Å². The molecular weight excluding hydrogens is 328 g/mol. The third-order valence-corrected chi connectivity index (χ3v) is 4.16. The summed E-state index contributed by atoms with van der Waals surface area (Å²) in [5, 5.41) is 14.5. The van der Waals surface area contributed by atoms with Crippen LogP contribution in [0.5, 0.6) is 5.75 Å². The fourth-order valence-electron chi connectivity index (χ4n) is 2.25. The van der Waals surface area contributed by atoms with Gasteiger partial charge in [0.2, 0.25) is 0 Å². The van der Waals surface area contributed by atoms with E-state index >= 15 is 0 Å². The number of nitrogens with one attached hydrogen (secondary N) is 1. The molecule has 23 heavy (non-hydrogen) atoms. The molecule has 1 atom stereocenters. The third-order valence-electron chi connectivity index (χ3n) is 3.27. The van der Waals surface area contributed by atoms with Crippen molar-refractivity contribution in [1.82, 2.24) is 5.32 Å². The van der Waals surface area contributed by atoms with Crippen molar-refractivity contribution < 1.29 is 27.8 Å². The van der Waals surface area contributed by atoms with Crippen LogP contribution in [-0.2, 0) is 5.60 Å². The van der Waals surface area contributed by atoms with E-state index in [0.717, 1.165) is 11.3 Å². The Hall–Kier alpha value is -1.93. The van der Waals surface area contributed by atoms with E-state index in [9.17, 15) is 18.7 Å². The molecule has 0 unspecified atom stereocenters. The van der Waals surface area contributed by atoms with Gasteiger partial charge in [-0.05, 0) is 38.3 Å². The summed E-state index contributed by atoms with van der Waals surface area (Å²) in [6, 6.07) is 2.99. The quantitative estimate of drug-likeness (QED) is 0.843. The van der Waals surface area contributed by atoms with Crippen LogP contribution < -0.4 is 10.1 Å². The molecule has 126 valence electrons. The number of aryl methyl sites for hydroxylation is 2. The van der Waals surface area contributed by atoms with Gasteiger partial charge in [-0.2, -0.15) is 8.78 Å². The number of carbonyl (C=O) groups is 1. The van der Waals surface area contributed by atoms with Crippen molar-refractivity contribution in [2.75, 3.05) is 6.54 Å². The molecule has 0 saturated heterocycles. The average molecular weight is 345 g/mol. The molecule has 0 saturated carbocycles. The zero-order chi connectivity index (χ0) is 17.2. The van der Waals surface area contributed by atoms with Crippen LogP contribution in [-0.4, -0.2) is 24.2 Å². The number of aliphatic hydroxyl groups is 1. The number of hydrogen-bond donors (Lipinski definition) is 2. The van der Waals surface area contributed by atoms with E-state index in [4.69, 9.17) is 4.42 Å². The van der Waals surface area contributed by atoms with Crippen molar-refractivity contribution in [1.29, 1.82) is 0 Å². The number of amides is 1. The Morgan fingerprint density at radius 1 is 1.52 bits per heavy atom. The van der Waals surface area contributed by atoms with Crippen LogP contribution in [0.25, 0.3) is 0 Å². The molecule has 0 aliphatic carbocycles. The van der Waals surface area contributed by atoms with Crippen LogP contribution >= 0.6 is 11.3 Å². The van der Waals surface area contributed by atoms with Crippen molar-refractivity contribution in [3.8, 4) is 5.75 Å². The van der Waals surface area contributed by atoms with Gasteiger partial charge in [-0.25, -0.2) is 0 Å². The first-order valence-electron chi connectivity index (χ1n) is 6.81. The molecule has 5 nitrogen and oxygen atoms in total. The zero-order valence-corrected chi connectivity index (χ0v) is 13.7. The lowest BCUT2D eigenvalue weighted by molar-refractivity contribution is -0.0498. The van der Waals surface area contributed by atoms with Crippen LogP contribution in [0.1, 0.15) is 33.7 Å². The third kappa shape index (κ3) is 4.08. The normalized spacial score (nSPS) is 13.9. The zero-order valence-electron chi connectivity index (χ0n) is 12.9. The fourth-order valence-corrected chi connectivity index (χ4v) is 2.98. The highest BCUT2D eigenvalue weighted by Crippen LogP contribution is 2.28. The molecule has 8 heteroatoms. The topological polar surface area (TPSA) is 71.7 Å². The summed E-state index contributed by atoms with van der Waals surface area (Å²) in [5.41, 5.74) is -0.788. The smallest absolute Gasteiger partial charge is 0.387 e. The van der Waals surface area contributed by atoms with E-state index in [0.29, 0.717) is 17.1 Å². The van der Waals surface area contributed by atoms with Gasteiger partial charge >= 0.3 is 6.61 Å². The Bertz CT molecular complexity index is 693. The first-order valence-corrected chi connectivity index (χ1v) is 7.69. The molecule has 2 aromatic rings. The van der Waals surface area contributed by atoms with Gasteiger partial charge in [0.25, 0.3) is 5.91 Å². The molecule has 0 radical (unpaired) electrons. The summed E-state index contributed by atoms with van der Waals surface area (Å²) in [6.07, 6.45) is 0. The van der Waals surface area contributed by atoms with Gasteiger partial charge in [-0.3, -0.25) is 4.79 Å². The molecule has 0 fully saturated rings. The summed E-state index contributed by atoms with van der Waals surface area (Å²) >= 11 is 0.983. The Morgan fingerprint density at radius 3 is 2.78 bits per heavy atom. The number of hydrogen-bond acceptors (Lipinski definition) is 5. The minimum Gasteiger partial charge on any atom is -0.466 e. The minimum atomic E-state index is -3.00. The van der Waals surface area contributed by atoms with Crippen molar-refractivity contribution in [2.24, 2.45) is 0 Å². The van der Waals surface area contributed by atoms with Crippen molar-refractivity contribution in [2.45, 2.75) is 33.0 Å². The molecule has 1 amide bonds. The maximum absolute atomic E-state index is 12.3. The number of alkyl halides is 2. The lowest BCUT2D eigenvalue weighted by atomic mass is 9.96. The van der Waals surface area contributed by atoms with Gasteiger partial charge < -0.3 is 19.6 Å². The molecule has 2 aromatic heterocycles. The maximum Gasteiger partial charge on any atom is 0.387 e. The predicted molar refractivity (Wildman–Crippen MR) is 81.0 cm³/mol. The average Bonchev–Trinajstić information content (AvgIpc) is 3.02. The largest absolute Gasteiger partial charge is 0.466 e. The van der Waals surface area contributed by atoms with E-state index in [2.05, 4.69) is 10.1 Å². The highest BCUT2D eigenvalue weighted by Gasteiger charge is 2.29. The van der Waals surface area contributed by atoms with E-state index < -0.39 is 18.1 Å². The van der Waals surface area contributed by atoms with Crippen LogP contribution in [0.2, 0.25) is 0 Å².